The second kappa shape index (κ2) is 28.7. The van der Waals surface area contributed by atoms with Crippen molar-refractivity contribution in [1.29, 1.82) is 10.5 Å². The Hall–Kier alpha value is -7.94. The first-order valence-electron chi connectivity index (χ1n) is 43.3. The van der Waals surface area contributed by atoms with E-state index in [0.717, 1.165) is 112 Å². The number of fused-ring (bicyclic) bond motifs is 14. The Morgan fingerprint density at radius 3 is 1.42 bits per heavy atom. The van der Waals surface area contributed by atoms with Crippen molar-refractivity contribution in [3.8, 4) is 29.3 Å². The molecule has 0 saturated heterocycles. The fourth-order valence-electron chi connectivity index (χ4n) is 28.3. The van der Waals surface area contributed by atoms with Crippen LogP contribution in [-0.2, 0) is 62.2 Å². The van der Waals surface area contributed by atoms with E-state index in [9.17, 15) is 44.4 Å². The normalized spacial score (nSPS) is 34.5. The van der Waals surface area contributed by atoms with Crippen LogP contribution in [0, 0.1) is 124 Å². The molecule has 10 aliphatic rings. The summed E-state index contributed by atoms with van der Waals surface area (Å²) in [6, 6.07) is 19.8. The van der Waals surface area contributed by atoms with Gasteiger partial charge in [-0.05, 0) is 276 Å². The van der Waals surface area contributed by atoms with Crippen molar-refractivity contribution in [2.45, 2.75) is 289 Å². The zero-order valence-corrected chi connectivity index (χ0v) is 72.1. The molecule has 20 nitrogen and oxygen atoms in total. The minimum atomic E-state index is -1.42. The number of ether oxygens (including phenoxy) is 3. The molecule has 8 fully saturated rings. The van der Waals surface area contributed by atoms with Gasteiger partial charge < -0.3 is 30.4 Å². The number of hydrogen-bond donors (Lipinski definition) is 3. The molecule has 4 aromatic rings. The summed E-state index contributed by atoms with van der Waals surface area (Å²) in [5.41, 5.74) is 7.68. The van der Waals surface area contributed by atoms with Gasteiger partial charge in [0.2, 0.25) is 0 Å². The molecule has 0 unspecified atom stereocenters. The summed E-state index contributed by atoms with van der Waals surface area (Å²) in [7, 11) is 1.91. The molecular weight excluding hydrogens is 1450 g/mol. The Labute approximate surface area is 680 Å². The predicted molar refractivity (Wildman–Crippen MR) is 440 cm³/mol. The summed E-state index contributed by atoms with van der Waals surface area (Å²) in [6.45, 7) is 40.5. The Kier molecular flexibility index (Phi) is 20.8. The van der Waals surface area contributed by atoms with Gasteiger partial charge in [0.25, 0.3) is 11.1 Å². The van der Waals surface area contributed by atoms with E-state index in [4.69, 9.17) is 19.9 Å². The second-order valence-electron chi connectivity index (χ2n) is 42.0. The van der Waals surface area contributed by atoms with Gasteiger partial charge >= 0.3 is 23.9 Å². The van der Waals surface area contributed by atoms with Crippen molar-refractivity contribution < 1.29 is 48.1 Å². The molecule has 0 radical (unpaired) electrons. The van der Waals surface area contributed by atoms with Crippen molar-refractivity contribution in [2.24, 2.45) is 107 Å². The predicted octanol–water partition coefficient (Wildman–Crippen LogP) is 16.3. The zero-order chi connectivity index (χ0) is 83.6. The molecule has 0 amide bonds. The standard InChI is InChI=1S/C95H128N8O12/c1-55(2)78-63(104)49-94(40-38-90(15)61(80(78)94)26-28-68-88(13)34-32-72(114-76(108)51-84(5,6)82(110)111)86(9,10)66(88)30-36-92(68,90)17)70-47-75(107)103(100(70)44-42-96)60-25-22-58(54-98)65(46-60)113-83(112)85(7,8)52-77(109)115-73-33-35-89(14)67(87(73,11)12)31-37-93(18)69(89)29-27-62-81-79(56(3)4)64(105)50-95(81,41-39-91(62,93)16)71-48-74(106)102(101(71)45-43-99-19)59-23-20-57(53-97)21-24-59/h20-25,46-48,55-56,61-62,66-69,72-73,99H,26-45,49-52,96H2,1-19H3,(H,110,111)/t61-,62-,66+,67+,68-,69-,72+,73+,88+,89+,90-,91-,92-,93-,94+,95+/m1/s1. The van der Waals surface area contributed by atoms with Gasteiger partial charge in [0.1, 0.15) is 18.3 Å². The summed E-state index contributed by atoms with van der Waals surface area (Å²) in [6.07, 6.45) is 12.9. The molecule has 16 atom stereocenters. The first-order chi connectivity index (χ1) is 53.8. The highest BCUT2D eigenvalue weighted by molar-refractivity contribution is 6.02. The third-order valence-electron chi connectivity index (χ3n) is 34.2. The van der Waals surface area contributed by atoms with Crippen LogP contribution in [0.4, 0.5) is 0 Å². The number of nitrogens with two attached hydrogens (primary N) is 1. The van der Waals surface area contributed by atoms with E-state index in [-0.39, 0.29) is 146 Å². The van der Waals surface area contributed by atoms with Crippen LogP contribution in [0.1, 0.15) is 276 Å². The van der Waals surface area contributed by atoms with Gasteiger partial charge in [-0.15, -0.1) is 0 Å². The fraction of sp³-hybridized carbons (Fsp3) is 0.684. The molecule has 0 spiro atoms. The molecule has 2 heterocycles. The molecule has 14 rings (SSSR count). The number of Topliss-reactive ketones (excluding diaryl/α,β-unsaturated/α-hetero) is 2. The summed E-state index contributed by atoms with van der Waals surface area (Å²) >= 11 is 0. The molecular formula is C95H128N8O12. The zero-order valence-electron chi connectivity index (χ0n) is 72.1. The average molecular weight is 1570 g/mol. The SMILES string of the molecule is CNCCn1c([C@@]23CC[C@]4(C)[C@H](CC[C@@H]5[C@@]6(C)CC[C@H](OC(=O)CC(C)(C)C(=O)Oc7cc(-n8c(=O)cc([C@@]9%10CC[C@]%11(C)[C@H](CC[C@@H]%12[C@@]%13(C)CC[C@H](OC(=O)CC(C)(C)C(=O)O)C(C)(C)[C@@H]%13CC[C@]%12%11C)C9=C(C(C)C)C(=O)C%10)n8CCN)ccc7C#N)C(C)(C)[C@@H]6CC[C@]54C)C2=C(C(C)C)C(=O)C3)cc(=O)n1-c1ccc(C#N)cc1. The number of carbonyl (C=O) groups excluding carboxylic acids is 5. The number of allylic oxidation sites excluding steroid dienone is 4. The lowest BCUT2D eigenvalue weighted by molar-refractivity contribution is -0.232. The number of likely N-dealkylation sites (N-methyl/N-ethyl adjacent to an activating group) is 1. The first-order valence-corrected chi connectivity index (χ1v) is 43.3. The number of esters is 3. The smallest absolute Gasteiger partial charge is 0.317 e. The number of rotatable bonds is 20. The monoisotopic (exact) mass is 1570 g/mol. The molecule has 8 saturated carbocycles. The summed E-state index contributed by atoms with van der Waals surface area (Å²) < 4.78 is 26.5. The van der Waals surface area contributed by atoms with Crippen LogP contribution in [0.2, 0.25) is 0 Å². The molecule has 0 bridgehead atoms. The number of nitrogens with zero attached hydrogens (tertiary/aromatic N) is 6. The number of aromatic nitrogens is 4. The lowest BCUT2D eigenvalue weighted by Gasteiger charge is -2.72. The molecule has 620 valence electrons. The van der Waals surface area contributed by atoms with Crippen LogP contribution in [0.3, 0.4) is 0 Å². The highest BCUT2D eigenvalue weighted by Gasteiger charge is 2.73. The highest BCUT2D eigenvalue weighted by Crippen LogP contribution is 2.79. The summed E-state index contributed by atoms with van der Waals surface area (Å²) in [5.74, 6) is -1.38. The average Bonchev–Trinajstić information content (AvgIpc) is 0.816. The topological polar surface area (TPSA) is 290 Å². The van der Waals surface area contributed by atoms with Crippen molar-refractivity contribution in [1.82, 2.24) is 24.0 Å². The number of nitrogens with one attached hydrogen (secondary N) is 1. The van der Waals surface area contributed by atoms with Crippen molar-refractivity contribution in [3.05, 3.63) is 120 Å². The maximum atomic E-state index is 15.2. The van der Waals surface area contributed by atoms with Crippen LogP contribution < -0.4 is 26.9 Å². The van der Waals surface area contributed by atoms with Crippen LogP contribution in [0.25, 0.3) is 11.4 Å². The molecule has 10 aliphatic carbocycles. The lowest BCUT2D eigenvalue weighted by atomic mass is 9.33. The quantitative estimate of drug-likeness (QED) is 0.0547. The number of benzene rings is 2. The number of carbonyl (C=O) groups is 6. The number of aliphatic carboxylic acids is 1. The fourth-order valence-corrected chi connectivity index (χ4v) is 28.3. The Morgan fingerprint density at radius 2 is 0.991 bits per heavy atom. The maximum absolute atomic E-state index is 15.2. The van der Waals surface area contributed by atoms with Crippen molar-refractivity contribution >= 4 is 35.4 Å². The number of hydrogen-bond acceptors (Lipinski definition) is 15. The van der Waals surface area contributed by atoms with Crippen LogP contribution in [-0.4, -0.2) is 91.6 Å². The van der Waals surface area contributed by atoms with E-state index in [1.165, 1.54) is 11.6 Å². The van der Waals surface area contributed by atoms with Crippen LogP contribution in [0.5, 0.6) is 5.75 Å². The summed E-state index contributed by atoms with van der Waals surface area (Å²) in [4.78, 5) is 115. The van der Waals surface area contributed by atoms with Gasteiger partial charge in [-0.3, -0.25) is 47.7 Å². The van der Waals surface area contributed by atoms with Gasteiger partial charge in [0.05, 0.1) is 76.7 Å². The van der Waals surface area contributed by atoms with E-state index in [0.29, 0.717) is 67.5 Å². The highest BCUT2D eigenvalue weighted by atomic mass is 16.6. The molecule has 2 aromatic carbocycles. The maximum Gasteiger partial charge on any atom is 0.317 e. The summed E-state index contributed by atoms with van der Waals surface area (Å²) in [5, 5.41) is 33.5. The number of carboxylic acid groups (broad SMARTS) is 1. The minimum Gasteiger partial charge on any atom is -0.481 e. The third kappa shape index (κ3) is 12.4. The van der Waals surface area contributed by atoms with Crippen LogP contribution >= 0.6 is 0 Å². The van der Waals surface area contributed by atoms with Crippen molar-refractivity contribution in [2.75, 3.05) is 20.1 Å². The van der Waals surface area contributed by atoms with E-state index in [1.54, 1.807) is 73.5 Å². The Balaban J connectivity index is 0.679. The van der Waals surface area contributed by atoms with Crippen LogP contribution in [0.15, 0.2) is 86.5 Å². The third-order valence-corrected chi connectivity index (χ3v) is 34.2. The Bertz CT molecular complexity index is 4940. The molecule has 2 aromatic heterocycles. The van der Waals surface area contributed by atoms with E-state index in [2.05, 4.69) is 119 Å². The number of nitriles is 2. The van der Waals surface area contributed by atoms with Gasteiger partial charge in [0, 0.05) is 65.8 Å². The van der Waals surface area contributed by atoms with Gasteiger partial charge in [-0.1, -0.05) is 96.9 Å². The lowest BCUT2D eigenvalue weighted by Crippen LogP contribution is -2.66. The number of carboxylic acids is 1. The van der Waals surface area contributed by atoms with E-state index < -0.39 is 57.1 Å². The van der Waals surface area contributed by atoms with Gasteiger partial charge in [0.15, 0.2) is 17.3 Å². The van der Waals surface area contributed by atoms with Gasteiger partial charge in [-0.25, -0.2) is 9.36 Å². The molecule has 20 heteroatoms. The first kappa shape index (κ1) is 83.5. The number of ketones is 2. The Morgan fingerprint density at radius 1 is 0.548 bits per heavy atom. The molecule has 115 heavy (non-hydrogen) atoms. The second-order valence-corrected chi connectivity index (χ2v) is 42.0. The van der Waals surface area contributed by atoms with Crippen molar-refractivity contribution in [3.63, 3.8) is 0 Å². The molecule has 0 aliphatic heterocycles. The molecule has 4 N–H and O–H groups in total. The van der Waals surface area contributed by atoms with E-state index >= 15 is 9.59 Å². The largest absolute Gasteiger partial charge is 0.481 e. The van der Waals surface area contributed by atoms with E-state index in [1.807, 2.05) is 23.9 Å². The van der Waals surface area contributed by atoms with Gasteiger partial charge in [-0.2, -0.15) is 10.5 Å². The minimum absolute atomic E-state index is 0.00544.